The molecule has 0 saturated carbocycles. The highest BCUT2D eigenvalue weighted by Gasteiger charge is 2.21. The molecule has 1 saturated heterocycles. The van der Waals surface area contributed by atoms with E-state index in [2.05, 4.69) is 10.2 Å². The first-order chi connectivity index (χ1) is 6.27. The van der Waals surface area contributed by atoms with Crippen LogP contribution in [0.15, 0.2) is 0 Å². The number of carbonyl (C=O) groups excluding carboxylic acids is 1. The van der Waals surface area contributed by atoms with Gasteiger partial charge in [-0.15, -0.1) is 0 Å². The fraction of sp³-hybridized carbons (Fsp3) is 0.571. The van der Waals surface area contributed by atoms with Crippen LogP contribution in [0, 0.1) is 3.95 Å². The maximum absolute atomic E-state index is 11.7. The summed E-state index contributed by atoms with van der Waals surface area (Å²) in [6, 6.07) is 0. The van der Waals surface area contributed by atoms with Crippen LogP contribution in [-0.2, 0) is 0 Å². The summed E-state index contributed by atoms with van der Waals surface area (Å²) in [5.41, 5.74) is 0. The summed E-state index contributed by atoms with van der Waals surface area (Å²) >= 11 is 6.10. The molecule has 0 aromatic carbocycles. The van der Waals surface area contributed by atoms with Crippen LogP contribution in [0.4, 0.5) is 0 Å². The van der Waals surface area contributed by atoms with E-state index in [0.717, 1.165) is 25.9 Å². The van der Waals surface area contributed by atoms with Crippen molar-refractivity contribution in [1.29, 1.82) is 0 Å². The molecule has 2 rings (SSSR count). The molecule has 0 radical (unpaired) electrons. The first kappa shape index (κ1) is 8.83. The van der Waals surface area contributed by atoms with Crippen LogP contribution < -0.4 is 0 Å². The second kappa shape index (κ2) is 3.55. The van der Waals surface area contributed by atoms with Crippen molar-refractivity contribution in [3.8, 4) is 0 Å². The molecule has 0 aliphatic carbocycles. The summed E-state index contributed by atoms with van der Waals surface area (Å²) in [5, 5.41) is 6.95. The van der Waals surface area contributed by atoms with Crippen molar-refractivity contribution in [2.24, 2.45) is 0 Å². The standard InChI is InChI=1S/C7H9N3OS2/c11-6(10-3-1-2-4-10)5-8-9-7(12)13-5/h1-4H2,(H,9,12). The molecule has 1 aromatic heterocycles. The van der Waals surface area contributed by atoms with Gasteiger partial charge in [0, 0.05) is 13.1 Å². The highest BCUT2D eigenvalue weighted by Crippen LogP contribution is 2.14. The highest BCUT2D eigenvalue weighted by molar-refractivity contribution is 7.73. The van der Waals surface area contributed by atoms with Crippen LogP contribution in [0.1, 0.15) is 22.6 Å². The smallest absolute Gasteiger partial charge is 0.284 e. The molecule has 1 aliphatic rings. The Morgan fingerprint density at radius 3 is 2.77 bits per heavy atom. The summed E-state index contributed by atoms with van der Waals surface area (Å²) in [6.07, 6.45) is 2.20. The van der Waals surface area contributed by atoms with Crippen molar-refractivity contribution in [3.05, 3.63) is 8.96 Å². The lowest BCUT2D eigenvalue weighted by molar-refractivity contribution is 0.0791. The Kier molecular flexibility index (Phi) is 2.41. The molecule has 0 atom stereocenters. The average Bonchev–Trinajstić information content (AvgIpc) is 2.72. The molecule has 6 heteroatoms. The van der Waals surface area contributed by atoms with Gasteiger partial charge in [-0.05, 0) is 25.1 Å². The van der Waals surface area contributed by atoms with Gasteiger partial charge in [0.15, 0.2) is 3.95 Å². The normalized spacial score (nSPS) is 16.5. The van der Waals surface area contributed by atoms with Crippen LogP contribution in [-0.4, -0.2) is 34.1 Å². The first-order valence-corrected chi connectivity index (χ1v) is 5.34. The fourth-order valence-electron chi connectivity index (χ4n) is 1.38. The van der Waals surface area contributed by atoms with Crippen LogP contribution in [0.25, 0.3) is 0 Å². The van der Waals surface area contributed by atoms with Crippen molar-refractivity contribution in [3.63, 3.8) is 0 Å². The number of nitrogens with one attached hydrogen (secondary N) is 1. The van der Waals surface area contributed by atoms with E-state index in [4.69, 9.17) is 12.2 Å². The quantitative estimate of drug-likeness (QED) is 0.721. The zero-order chi connectivity index (χ0) is 9.26. The van der Waals surface area contributed by atoms with E-state index in [0.29, 0.717) is 8.96 Å². The zero-order valence-electron chi connectivity index (χ0n) is 6.95. The van der Waals surface area contributed by atoms with Crippen molar-refractivity contribution in [1.82, 2.24) is 15.1 Å². The number of hydrogen-bond acceptors (Lipinski definition) is 4. The minimum absolute atomic E-state index is 0.00912. The van der Waals surface area contributed by atoms with Crippen molar-refractivity contribution < 1.29 is 4.79 Å². The molecule has 13 heavy (non-hydrogen) atoms. The zero-order valence-corrected chi connectivity index (χ0v) is 8.58. The predicted molar refractivity (Wildman–Crippen MR) is 52.4 cm³/mol. The van der Waals surface area contributed by atoms with Gasteiger partial charge >= 0.3 is 0 Å². The molecule has 1 aliphatic heterocycles. The van der Waals surface area contributed by atoms with Crippen LogP contribution in [0.3, 0.4) is 0 Å². The molecular formula is C7H9N3OS2. The van der Waals surface area contributed by atoms with Crippen LogP contribution in [0.2, 0.25) is 0 Å². The second-order valence-electron chi connectivity index (χ2n) is 2.92. The lowest BCUT2D eigenvalue weighted by Crippen LogP contribution is -2.27. The van der Waals surface area contributed by atoms with E-state index in [1.54, 1.807) is 0 Å². The molecule has 0 bridgehead atoms. The Morgan fingerprint density at radius 2 is 2.23 bits per heavy atom. The first-order valence-electron chi connectivity index (χ1n) is 4.12. The third kappa shape index (κ3) is 1.78. The average molecular weight is 215 g/mol. The number of amides is 1. The van der Waals surface area contributed by atoms with Crippen LogP contribution in [0.5, 0.6) is 0 Å². The minimum atomic E-state index is 0.00912. The number of H-pyrrole nitrogens is 1. The van der Waals surface area contributed by atoms with Gasteiger partial charge in [0.05, 0.1) is 0 Å². The van der Waals surface area contributed by atoms with Gasteiger partial charge in [0.1, 0.15) is 0 Å². The molecule has 0 spiro atoms. The van der Waals surface area contributed by atoms with E-state index in [-0.39, 0.29) is 5.91 Å². The van der Waals surface area contributed by atoms with E-state index < -0.39 is 0 Å². The minimum Gasteiger partial charge on any atom is -0.337 e. The van der Waals surface area contributed by atoms with Gasteiger partial charge in [-0.3, -0.25) is 9.89 Å². The molecule has 1 amide bonds. The Hall–Kier alpha value is -0.750. The monoisotopic (exact) mass is 215 g/mol. The third-order valence-corrected chi connectivity index (χ3v) is 3.09. The predicted octanol–water partition coefficient (Wildman–Crippen LogP) is 1.44. The summed E-state index contributed by atoms with van der Waals surface area (Å²) in [7, 11) is 0. The Bertz CT molecular complexity index is 364. The van der Waals surface area contributed by atoms with Gasteiger partial charge < -0.3 is 4.90 Å². The maximum Gasteiger partial charge on any atom is 0.284 e. The van der Waals surface area contributed by atoms with E-state index >= 15 is 0 Å². The van der Waals surface area contributed by atoms with Crippen molar-refractivity contribution >= 4 is 29.5 Å². The second-order valence-corrected chi connectivity index (χ2v) is 4.58. The summed E-state index contributed by atoms with van der Waals surface area (Å²) in [6.45, 7) is 1.70. The third-order valence-electron chi connectivity index (χ3n) is 2.01. The van der Waals surface area contributed by atoms with Gasteiger partial charge in [0.2, 0.25) is 5.01 Å². The molecule has 1 N–H and O–H groups in total. The fourth-order valence-corrected chi connectivity index (χ4v) is 2.23. The molecule has 0 unspecified atom stereocenters. The number of aromatic nitrogens is 2. The lowest BCUT2D eigenvalue weighted by Gasteiger charge is -2.11. The molecular weight excluding hydrogens is 206 g/mol. The number of nitrogens with zero attached hydrogens (tertiary/aromatic N) is 2. The largest absolute Gasteiger partial charge is 0.337 e. The lowest BCUT2D eigenvalue weighted by atomic mass is 10.4. The van der Waals surface area contributed by atoms with E-state index in [1.165, 1.54) is 11.3 Å². The van der Waals surface area contributed by atoms with Gasteiger partial charge in [-0.2, -0.15) is 5.10 Å². The molecule has 1 fully saturated rings. The van der Waals surface area contributed by atoms with Gasteiger partial charge in [0.25, 0.3) is 5.91 Å². The van der Waals surface area contributed by atoms with E-state index in [1.807, 2.05) is 4.90 Å². The SMILES string of the molecule is O=C(c1n[nH]c(=S)s1)N1CCCC1. The Morgan fingerprint density at radius 1 is 1.54 bits per heavy atom. The van der Waals surface area contributed by atoms with Crippen molar-refractivity contribution in [2.75, 3.05) is 13.1 Å². The van der Waals surface area contributed by atoms with Gasteiger partial charge in [-0.25, -0.2) is 0 Å². The number of likely N-dealkylation sites (tertiary alicyclic amines) is 1. The number of aromatic amines is 1. The number of carbonyl (C=O) groups is 1. The summed E-state index contributed by atoms with van der Waals surface area (Å²) in [5.74, 6) is 0.00912. The molecule has 70 valence electrons. The summed E-state index contributed by atoms with van der Waals surface area (Å²) in [4.78, 5) is 13.5. The molecule has 2 heterocycles. The molecule has 1 aromatic rings. The number of hydrogen-bond donors (Lipinski definition) is 1. The Labute approximate surface area is 84.6 Å². The Balaban J connectivity index is 2.16. The molecule has 4 nitrogen and oxygen atoms in total. The topological polar surface area (TPSA) is 49.0 Å². The summed E-state index contributed by atoms with van der Waals surface area (Å²) < 4.78 is 0.558. The van der Waals surface area contributed by atoms with E-state index in [9.17, 15) is 4.79 Å². The van der Waals surface area contributed by atoms with Crippen molar-refractivity contribution in [2.45, 2.75) is 12.8 Å². The maximum atomic E-state index is 11.7. The number of rotatable bonds is 1. The van der Waals surface area contributed by atoms with Crippen LogP contribution >= 0.6 is 23.6 Å². The highest BCUT2D eigenvalue weighted by atomic mass is 32.1. The van der Waals surface area contributed by atoms with Gasteiger partial charge in [-0.1, -0.05) is 11.3 Å².